The van der Waals surface area contributed by atoms with Crippen LogP contribution in [0.3, 0.4) is 0 Å². The average Bonchev–Trinajstić information content (AvgIpc) is 3.37. The highest BCUT2D eigenvalue weighted by atomic mass is 32.1. The number of aromatic nitrogens is 1. The summed E-state index contributed by atoms with van der Waals surface area (Å²) in [6.45, 7) is 7.80. The van der Waals surface area contributed by atoms with E-state index >= 15 is 0 Å². The molecule has 3 heterocycles. The van der Waals surface area contributed by atoms with E-state index in [1.807, 2.05) is 94.4 Å². The molecule has 3 aromatic carbocycles. The highest BCUT2D eigenvalue weighted by molar-refractivity contribution is 7.15. The minimum absolute atomic E-state index is 0.0608. The zero-order valence-corrected chi connectivity index (χ0v) is 21.7. The van der Waals surface area contributed by atoms with Gasteiger partial charge in [-0.2, -0.15) is 0 Å². The Morgan fingerprint density at radius 2 is 1.62 bits per heavy atom. The van der Waals surface area contributed by atoms with Gasteiger partial charge in [-0.25, -0.2) is 4.98 Å². The molecule has 0 bridgehead atoms. The molecule has 1 aliphatic heterocycles. The Hall–Kier alpha value is -4.23. The molecule has 6 nitrogen and oxygen atoms in total. The van der Waals surface area contributed by atoms with Crippen molar-refractivity contribution >= 4 is 33.3 Å². The molecule has 1 aliphatic rings. The first-order chi connectivity index (χ1) is 17.8. The Bertz CT molecular complexity index is 1730. The molecule has 6 rings (SSSR count). The van der Waals surface area contributed by atoms with Crippen LogP contribution in [0.15, 0.2) is 75.9 Å². The van der Waals surface area contributed by atoms with Crippen LogP contribution in [0.4, 0.5) is 5.13 Å². The van der Waals surface area contributed by atoms with Crippen molar-refractivity contribution in [1.82, 2.24) is 4.98 Å². The van der Waals surface area contributed by atoms with E-state index in [4.69, 9.17) is 9.15 Å². The second-order valence-corrected chi connectivity index (χ2v) is 10.5. The molecule has 5 aromatic rings. The van der Waals surface area contributed by atoms with Gasteiger partial charge in [0.2, 0.25) is 5.76 Å². The van der Waals surface area contributed by atoms with Crippen molar-refractivity contribution in [3.63, 3.8) is 0 Å². The molecule has 7 heteroatoms. The molecule has 1 atom stereocenters. The first-order valence-corrected chi connectivity index (χ1v) is 12.8. The van der Waals surface area contributed by atoms with Gasteiger partial charge in [-0.1, -0.05) is 30.3 Å². The highest BCUT2D eigenvalue weighted by Gasteiger charge is 2.45. The lowest BCUT2D eigenvalue weighted by Crippen LogP contribution is -2.29. The van der Waals surface area contributed by atoms with E-state index < -0.39 is 6.04 Å². The number of hydrogen-bond acceptors (Lipinski definition) is 6. The predicted octanol–water partition coefficient (Wildman–Crippen LogP) is 7.03. The third-order valence-electron chi connectivity index (χ3n) is 6.86. The van der Waals surface area contributed by atoms with Crippen LogP contribution in [0.25, 0.3) is 11.0 Å². The topological polar surface area (TPSA) is 72.6 Å². The van der Waals surface area contributed by atoms with Gasteiger partial charge in [0.1, 0.15) is 17.1 Å². The molecule has 1 unspecified atom stereocenters. The molecule has 0 aliphatic carbocycles. The van der Waals surface area contributed by atoms with Crippen molar-refractivity contribution < 1.29 is 13.9 Å². The van der Waals surface area contributed by atoms with E-state index in [2.05, 4.69) is 4.98 Å². The van der Waals surface area contributed by atoms with Gasteiger partial charge in [0.25, 0.3) is 5.91 Å². The molecular formula is C30H24N2O4S. The zero-order chi connectivity index (χ0) is 25.8. The fraction of sp³-hybridized carbons (Fsp3) is 0.167. The van der Waals surface area contributed by atoms with Crippen LogP contribution in [0, 0.1) is 27.7 Å². The largest absolute Gasteiger partial charge is 0.457 e. The van der Waals surface area contributed by atoms with Gasteiger partial charge < -0.3 is 9.15 Å². The minimum atomic E-state index is -0.700. The summed E-state index contributed by atoms with van der Waals surface area (Å²) in [6, 6.07) is 19.9. The number of hydrogen-bond donors (Lipinski definition) is 0. The Kier molecular flexibility index (Phi) is 5.46. The number of aryl methyl sites for hydroxylation is 4. The van der Waals surface area contributed by atoms with Crippen molar-refractivity contribution in [2.24, 2.45) is 0 Å². The standard InChI is InChI=1S/C30H24N2O4S/c1-16-13-23-24(14-17(16)2)36-28-25(27(23)33)26(32(29(28)34)30-31-18(3)19(4)37-30)20-9-8-12-22(15-20)35-21-10-6-5-7-11-21/h5-15,26H,1-4H3. The maximum absolute atomic E-state index is 14.0. The van der Waals surface area contributed by atoms with Crippen LogP contribution in [0.2, 0.25) is 0 Å². The first-order valence-electron chi connectivity index (χ1n) is 12.0. The van der Waals surface area contributed by atoms with E-state index in [0.717, 1.165) is 27.3 Å². The molecule has 0 N–H and O–H groups in total. The van der Waals surface area contributed by atoms with E-state index in [1.54, 1.807) is 4.90 Å². The fourth-order valence-corrected chi connectivity index (χ4v) is 5.61. The van der Waals surface area contributed by atoms with Crippen molar-refractivity contribution in [2.75, 3.05) is 4.90 Å². The number of ether oxygens (including phenoxy) is 1. The first kappa shape index (κ1) is 23.2. The average molecular weight is 509 g/mol. The van der Waals surface area contributed by atoms with Gasteiger partial charge >= 0.3 is 0 Å². The minimum Gasteiger partial charge on any atom is -0.457 e. The highest BCUT2D eigenvalue weighted by Crippen LogP contribution is 2.44. The molecule has 0 radical (unpaired) electrons. The van der Waals surface area contributed by atoms with E-state index in [0.29, 0.717) is 33.2 Å². The summed E-state index contributed by atoms with van der Waals surface area (Å²) >= 11 is 1.43. The van der Waals surface area contributed by atoms with Crippen molar-refractivity contribution in [3.8, 4) is 11.5 Å². The molecule has 2 aromatic heterocycles. The summed E-state index contributed by atoms with van der Waals surface area (Å²) in [7, 11) is 0. The van der Waals surface area contributed by atoms with Gasteiger partial charge in [-0.15, -0.1) is 11.3 Å². The number of fused-ring (bicyclic) bond motifs is 2. The van der Waals surface area contributed by atoms with Crippen LogP contribution in [0.1, 0.15) is 49.4 Å². The number of amides is 1. The van der Waals surface area contributed by atoms with Gasteiger partial charge in [-0.05, 0) is 80.8 Å². The fourth-order valence-electron chi connectivity index (χ4n) is 4.67. The third-order valence-corrected chi connectivity index (χ3v) is 7.93. The lowest BCUT2D eigenvalue weighted by atomic mass is 9.97. The summed E-state index contributed by atoms with van der Waals surface area (Å²) in [5.41, 5.74) is 4.09. The van der Waals surface area contributed by atoms with Crippen LogP contribution in [-0.4, -0.2) is 10.9 Å². The lowest BCUT2D eigenvalue weighted by Gasteiger charge is -2.23. The number of rotatable bonds is 4. The monoisotopic (exact) mass is 508 g/mol. The molecule has 37 heavy (non-hydrogen) atoms. The number of nitrogens with zero attached hydrogens (tertiary/aromatic N) is 2. The maximum Gasteiger partial charge on any atom is 0.297 e. The molecule has 1 amide bonds. The quantitative estimate of drug-likeness (QED) is 0.261. The van der Waals surface area contributed by atoms with Gasteiger partial charge in [0.15, 0.2) is 10.6 Å². The normalized spacial score (nSPS) is 14.9. The Labute approximate surface area is 217 Å². The van der Waals surface area contributed by atoms with Crippen molar-refractivity contribution in [2.45, 2.75) is 33.7 Å². The summed E-state index contributed by atoms with van der Waals surface area (Å²) in [4.78, 5) is 35.1. The van der Waals surface area contributed by atoms with Crippen LogP contribution in [0.5, 0.6) is 11.5 Å². The zero-order valence-electron chi connectivity index (χ0n) is 20.9. The Morgan fingerprint density at radius 3 is 2.35 bits per heavy atom. The SMILES string of the molecule is Cc1cc2oc3c(c(=O)c2cc1C)C(c1cccc(Oc2ccccc2)c1)N(c1nc(C)c(C)s1)C3=O. The maximum atomic E-state index is 14.0. The molecule has 0 spiro atoms. The number of para-hydroxylation sites is 1. The van der Waals surface area contributed by atoms with Crippen molar-refractivity contribution in [3.05, 3.63) is 116 Å². The smallest absolute Gasteiger partial charge is 0.297 e. The van der Waals surface area contributed by atoms with Crippen LogP contribution >= 0.6 is 11.3 Å². The van der Waals surface area contributed by atoms with Gasteiger partial charge in [-0.3, -0.25) is 14.5 Å². The van der Waals surface area contributed by atoms with Gasteiger partial charge in [0.05, 0.1) is 22.7 Å². The van der Waals surface area contributed by atoms with Crippen LogP contribution in [-0.2, 0) is 0 Å². The number of anilines is 1. The second kappa shape index (κ2) is 8.71. The third kappa shape index (κ3) is 3.83. The van der Waals surface area contributed by atoms with Crippen molar-refractivity contribution in [1.29, 1.82) is 0 Å². The van der Waals surface area contributed by atoms with Gasteiger partial charge in [0, 0.05) is 4.88 Å². The summed E-state index contributed by atoms with van der Waals surface area (Å²) in [5.74, 6) is 0.987. The summed E-state index contributed by atoms with van der Waals surface area (Å²) < 4.78 is 12.2. The van der Waals surface area contributed by atoms with E-state index in [9.17, 15) is 9.59 Å². The molecule has 0 fully saturated rings. The molecule has 0 saturated carbocycles. The number of carbonyl (C=O) groups excluding carboxylic acids is 1. The molecular weight excluding hydrogens is 484 g/mol. The van der Waals surface area contributed by atoms with E-state index in [-0.39, 0.29) is 17.1 Å². The lowest BCUT2D eigenvalue weighted by molar-refractivity contribution is 0.0971. The summed E-state index contributed by atoms with van der Waals surface area (Å²) in [6.07, 6.45) is 0. The Morgan fingerprint density at radius 1 is 0.892 bits per heavy atom. The number of carbonyl (C=O) groups is 1. The Balaban J connectivity index is 1.57. The summed E-state index contributed by atoms with van der Waals surface area (Å²) in [5, 5.41) is 0.992. The predicted molar refractivity (Wildman–Crippen MR) is 145 cm³/mol. The van der Waals surface area contributed by atoms with E-state index in [1.165, 1.54) is 11.3 Å². The molecule has 0 saturated heterocycles. The van der Waals surface area contributed by atoms with Crippen LogP contribution < -0.4 is 15.1 Å². The second-order valence-electron chi connectivity index (χ2n) is 9.31. The number of thiazole rings is 1. The molecule has 184 valence electrons. The number of benzene rings is 3.